The fraction of sp³-hybridized carbons (Fsp3) is 1.00. The van der Waals surface area contributed by atoms with Gasteiger partial charge in [-0.05, 0) is 6.42 Å². The summed E-state index contributed by atoms with van der Waals surface area (Å²) in [6.07, 6.45) is 12.1. The van der Waals surface area contributed by atoms with Crippen LogP contribution in [0.3, 0.4) is 0 Å². The molecule has 0 fully saturated rings. The van der Waals surface area contributed by atoms with E-state index in [1.54, 1.807) is 0 Å². The van der Waals surface area contributed by atoms with Crippen molar-refractivity contribution >= 4 is 16.5 Å². The van der Waals surface area contributed by atoms with Crippen LogP contribution in [0.2, 0.25) is 0 Å². The van der Waals surface area contributed by atoms with Gasteiger partial charge in [0.2, 0.25) is 0 Å². The van der Waals surface area contributed by atoms with Crippen molar-refractivity contribution in [3.63, 3.8) is 0 Å². The van der Waals surface area contributed by atoms with E-state index in [9.17, 15) is 9.13 Å². The van der Waals surface area contributed by atoms with Crippen LogP contribution in [-0.4, -0.2) is 11.5 Å². The molecule has 2 unspecified atom stereocenters. The van der Waals surface area contributed by atoms with Crippen LogP contribution in [0.5, 0.6) is 0 Å². The van der Waals surface area contributed by atoms with E-state index in [0.717, 1.165) is 19.3 Å². The van der Waals surface area contributed by atoms with Crippen molar-refractivity contribution in [2.75, 3.05) is 6.61 Å². The van der Waals surface area contributed by atoms with Crippen LogP contribution in [0.25, 0.3) is 0 Å². The van der Waals surface area contributed by atoms with Crippen molar-refractivity contribution in [3.05, 3.63) is 0 Å². The molecule has 2 atom stereocenters. The first-order valence-corrected chi connectivity index (χ1v) is 9.50. The molecule has 0 saturated carbocycles. The van der Waals surface area contributed by atoms with Crippen molar-refractivity contribution in [2.24, 2.45) is 0 Å². The van der Waals surface area contributed by atoms with Gasteiger partial charge in [-0.1, -0.05) is 64.7 Å². The zero-order valence-electron chi connectivity index (χ0n) is 12.2. The molecule has 0 saturated heterocycles. The van der Waals surface area contributed by atoms with E-state index >= 15 is 0 Å². The number of rotatable bonds is 15. The van der Waals surface area contributed by atoms with Crippen molar-refractivity contribution in [1.29, 1.82) is 0 Å². The van der Waals surface area contributed by atoms with Crippen molar-refractivity contribution in [3.8, 4) is 0 Å². The summed E-state index contributed by atoms with van der Waals surface area (Å²) in [7, 11) is -5.58. The molecule has 0 aromatic heterocycles. The first-order valence-electron chi connectivity index (χ1n) is 7.28. The van der Waals surface area contributed by atoms with E-state index in [1.165, 1.54) is 44.9 Å². The molecule has 0 aromatic rings. The normalized spacial score (nSPS) is 12.5. The fourth-order valence-corrected chi connectivity index (χ4v) is 2.53. The SMILES string of the molecule is CCCCCCCCCCCCOO[P+](=O)O[P+](=O)O. The van der Waals surface area contributed by atoms with Gasteiger partial charge in [0.1, 0.15) is 0 Å². The van der Waals surface area contributed by atoms with E-state index < -0.39 is 16.5 Å². The van der Waals surface area contributed by atoms with Gasteiger partial charge in [0.05, 0.1) is 11.3 Å². The minimum atomic E-state index is -2.92. The predicted octanol–water partition coefficient (Wildman–Crippen LogP) is 5.18. The third kappa shape index (κ3) is 16.1. The smallest absolute Gasteiger partial charge is 0.187 e. The minimum absolute atomic E-state index is 0.309. The standard InChI is InChI=1S/C12H25O6P2/c1-2-3-4-5-6-7-8-9-10-11-12-16-17-20(15)18-19(13)14/h2-12H2,1H3/q+1/p+1. The molecule has 118 valence electrons. The van der Waals surface area contributed by atoms with Crippen LogP contribution in [0.1, 0.15) is 71.1 Å². The predicted molar refractivity (Wildman–Crippen MR) is 77.4 cm³/mol. The van der Waals surface area contributed by atoms with Crippen LogP contribution in [-0.2, 0) is 23.0 Å². The highest BCUT2D eigenvalue weighted by Gasteiger charge is 2.38. The van der Waals surface area contributed by atoms with Gasteiger partial charge < -0.3 is 0 Å². The average molecular weight is 328 g/mol. The Balaban J connectivity index is 3.09. The molecule has 0 amide bonds. The van der Waals surface area contributed by atoms with Crippen LogP contribution in [0.4, 0.5) is 0 Å². The molecule has 0 heterocycles. The Morgan fingerprint density at radius 3 is 1.85 bits per heavy atom. The molecule has 0 aliphatic rings. The molecule has 0 radical (unpaired) electrons. The Hall–Kier alpha value is 0.0400. The third-order valence-electron chi connectivity index (χ3n) is 2.83. The quantitative estimate of drug-likeness (QED) is 0.193. The Morgan fingerprint density at radius 1 is 0.850 bits per heavy atom. The van der Waals surface area contributed by atoms with Gasteiger partial charge in [-0.25, -0.2) is 0 Å². The molecule has 0 aliphatic heterocycles. The first kappa shape index (κ1) is 20.0. The average Bonchev–Trinajstić information content (AvgIpc) is 2.39. The second kappa shape index (κ2) is 15.4. The summed E-state index contributed by atoms with van der Waals surface area (Å²) < 4.78 is 29.2. The maximum absolute atomic E-state index is 10.8. The Bertz CT molecular complexity index is 262. The second-order valence-electron chi connectivity index (χ2n) is 4.62. The lowest BCUT2D eigenvalue weighted by molar-refractivity contribution is -0.207. The Kier molecular flexibility index (Phi) is 15.5. The summed E-state index contributed by atoms with van der Waals surface area (Å²) in [5.74, 6) is 0. The van der Waals surface area contributed by atoms with Crippen LogP contribution < -0.4 is 0 Å². The van der Waals surface area contributed by atoms with Crippen LogP contribution >= 0.6 is 16.5 Å². The third-order valence-corrected chi connectivity index (χ3v) is 4.15. The molecular formula is C12H26O6P2+2. The molecule has 0 spiro atoms. The molecule has 1 N–H and O–H groups in total. The number of unbranched alkanes of at least 4 members (excludes halogenated alkanes) is 9. The molecule has 20 heavy (non-hydrogen) atoms. The molecule has 0 rings (SSSR count). The van der Waals surface area contributed by atoms with Crippen LogP contribution in [0.15, 0.2) is 0 Å². The van der Waals surface area contributed by atoms with Gasteiger partial charge in [0.15, 0.2) is 4.31 Å². The van der Waals surface area contributed by atoms with Gasteiger partial charge in [0.25, 0.3) is 0 Å². The number of hydrogen-bond donors (Lipinski definition) is 1. The summed E-state index contributed by atoms with van der Waals surface area (Å²) in [4.78, 5) is 12.9. The summed E-state index contributed by atoms with van der Waals surface area (Å²) in [5.41, 5.74) is 0. The molecular weight excluding hydrogens is 302 g/mol. The summed E-state index contributed by atoms with van der Waals surface area (Å²) in [6, 6.07) is 0. The Morgan fingerprint density at radius 2 is 1.35 bits per heavy atom. The van der Waals surface area contributed by atoms with Crippen molar-refractivity contribution in [1.82, 2.24) is 0 Å². The summed E-state index contributed by atoms with van der Waals surface area (Å²) >= 11 is 0. The minimum Gasteiger partial charge on any atom is -0.187 e. The summed E-state index contributed by atoms with van der Waals surface area (Å²) in [5, 5.41) is 0. The van der Waals surface area contributed by atoms with Crippen molar-refractivity contribution in [2.45, 2.75) is 71.1 Å². The lowest BCUT2D eigenvalue weighted by Crippen LogP contribution is -1.92. The van der Waals surface area contributed by atoms with E-state index in [2.05, 4.69) is 20.8 Å². The topological polar surface area (TPSA) is 82.1 Å². The first-order chi connectivity index (χ1) is 9.66. The van der Waals surface area contributed by atoms with Gasteiger partial charge in [-0.3, -0.25) is 0 Å². The lowest BCUT2D eigenvalue weighted by Gasteiger charge is -2.01. The number of hydrogen-bond acceptors (Lipinski definition) is 5. The van der Waals surface area contributed by atoms with E-state index in [1.807, 2.05) is 0 Å². The van der Waals surface area contributed by atoms with Gasteiger partial charge in [0, 0.05) is 9.13 Å². The molecule has 0 bridgehead atoms. The van der Waals surface area contributed by atoms with Gasteiger partial charge in [-0.2, -0.15) is 4.89 Å². The van der Waals surface area contributed by atoms with E-state index in [-0.39, 0.29) is 0 Å². The van der Waals surface area contributed by atoms with Crippen LogP contribution in [0, 0.1) is 0 Å². The molecule has 8 heteroatoms. The largest absolute Gasteiger partial charge is 0.778 e. The summed E-state index contributed by atoms with van der Waals surface area (Å²) in [6.45, 7) is 2.53. The second-order valence-corrected chi connectivity index (χ2v) is 6.35. The zero-order valence-corrected chi connectivity index (χ0v) is 13.9. The van der Waals surface area contributed by atoms with E-state index in [4.69, 9.17) is 4.89 Å². The Labute approximate surface area is 123 Å². The molecule has 0 aromatic carbocycles. The fourth-order valence-electron chi connectivity index (χ4n) is 1.80. The maximum atomic E-state index is 10.8. The molecule has 0 aliphatic carbocycles. The highest BCUT2D eigenvalue weighted by molar-refractivity contribution is 7.46. The molecule has 6 nitrogen and oxygen atoms in total. The maximum Gasteiger partial charge on any atom is 0.778 e. The lowest BCUT2D eigenvalue weighted by atomic mass is 10.1. The van der Waals surface area contributed by atoms with Gasteiger partial charge in [-0.15, -0.1) is 4.89 Å². The highest BCUT2D eigenvalue weighted by Crippen LogP contribution is 2.36. The zero-order chi connectivity index (χ0) is 15.1. The van der Waals surface area contributed by atoms with Crippen molar-refractivity contribution < 1.29 is 27.9 Å². The monoisotopic (exact) mass is 328 g/mol. The van der Waals surface area contributed by atoms with E-state index in [0.29, 0.717) is 6.61 Å². The highest BCUT2D eigenvalue weighted by atomic mass is 31.2. The van der Waals surface area contributed by atoms with Gasteiger partial charge >= 0.3 is 16.5 Å².